The summed E-state index contributed by atoms with van der Waals surface area (Å²) in [5.74, 6) is 3.53. The SMILES string of the molecule is CC1(C)c2ccccc2Oc2c1c1ccccc1c1c3cccnc3n(-c3ccc(-c4nc(-c5ccccc5)nc(-c5ccncc5)n4)cc3)c21. The van der Waals surface area contributed by atoms with Crippen molar-refractivity contribution in [2.24, 2.45) is 0 Å². The predicted molar refractivity (Wildman–Crippen MR) is 202 cm³/mol. The molecule has 0 saturated heterocycles. The second-order valence-corrected chi connectivity index (χ2v) is 13.4. The minimum Gasteiger partial charge on any atom is -0.454 e. The van der Waals surface area contributed by atoms with Crippen molar-refractivity contribution < 1.29 is 4.74 Å². The van der Waals surface area contributed by atoms with Crippen LogP contribution in [0.4, 0.5) is 0 Å². The van der Waals surface area contributed by atoms with Gasteiger partial charge in [-0.1, -0.05) is 86.6 Å². The quantitative estimate of drug-likeness (QED) is 0.187. The summed E-state index contributed by atoms with van der Waals surface area (Å²) in [5.41, 5.74) is 7.54. The second-order valence-electron chi connectivity index (χ2n) is 13.4. The summed E-state index contributed by atoms with van der Waals surface area (Å²) >= 11 is 0. The largest absolute Gasteiger partial charge is 0.454 e. The molecule has 0 unspecified atom stereocenters. The smallest absolute Gasteiger partial charge is 0.164 e. The van der Waals surface area contributed by atoms with E-state index in [9.17, 15) is 0 Å². The van der Waals surface area contributed by atoms with Crippen LogP contribution < -0.4 is 4.74 Å². The van der Waals surface area contributed by atoms with Gasteiger partial charge >= 0.3 is 0 Å². The number of benzene rings is 5. The van der Waals surface area contributed by atoms with E-state index < -0.39 is 0 Å². The Hall–Kier alpha value is -6.73. The lowest BCUT2D eigenvalue weighted by molar-refractivity contribution is 0.424. The maximum Gasteiger partial charge on any atom is 0.164 e. The average Bonchev–Trinajstić information content (AvgIpc) is 3.54. The van der Waals surface area contributed by atoms with Gasteiger partial charge in [0.05, 0.1) is 5.52 Å². The van der Waals surface area contributed by atoms with Crippen LogP contribution >= 0.6 is 0 Å². The standard InChI is InChI=1S/C44H30N6O/c1-44(2)34-16-8-9-17-35(34)51-39-37(44)32-14-7-6-13-31(32)36-33-15-10-24-46-43(33)50(38(36)39)30-20-18-28(19-21-30)41-47-40(27-11-4-3-5-12-27)48-42(49-41)29-22-25-45-26-23-29/h3-26H,1-2H3. The fraction of sp³-hybridized carbons (Fsp3) is 0.0682. The summed E-state index contributed by atoms with van der Waals surface area (Å²) in [7, 11) is 0. The van der Waals surface area contributed by atoms with Gasteiger partial charge in [-0.25, -0.2) is 19.9 Å². The summed E-state index contributed by atoms with van der Waals surface area (Å²) < 4.78 is 9.19. The molecule has 0 aliphatic carbocycles. The van der Waals surface area contributed by atoms with Crippen molar-refractivity contribution in [3.63, 3.8) is 0 Å². The van der Waals surface area contributed by atoms with Crippen LogP contribution in [0.25, 0.3) is 72.6 Å². The van der Waals surface area contributed by atoms with Crippen molar-refractivity contribution in [1.82, 2.24) is 29.5 Å². The fourth-order valence-electron chi connectivity index (χ4n) is 7.66. The van der Waals surface area contributed by atoms with Crippen molar-refractivity contribution in [2.45, 2.75) is 19.3 Å². The van der Waals surface area contributed by atoms with Gasteiger partial charge in [0.25, 0.3) is 0 Å². The van der Waals surface area contributed by atoms with Crippen LogP contribution in [-0.4, -0.2) is 29.5 Å². The molecule has 5 aromatic carbocycles. The Kier molecular flexibility index (Phi) is 6.39. The van der Waals surface area contributed by atoms with E-state index in [4.69, 9.17) is 24.7 Å². The minimum atomic E-state index is -0.307. The number of para-hydroxylation sites is 1. The highest BCUT2D eigenvalue weighted by Gasteiger charge is 2.38. The first-order valence-corrected chi connectivity index (χ1v) is 17.0. The Morgan fingerprint density at radius 1 is 0.549 bits per heavy atom. The lowest BCUT2D eigenvalue weighted by atomic mass is 9.73. The molecule has 0 amide bonds. The van der Waals surface area contributed by atoms with Gasteiger partial charge < -0.3 is 4.74 Å². The van der Waals surface area contributed by atoms with E-state index in [0.717, 1.165) is 55.8 Å². The van der Waals surface area contributed by atoms with E-state index >= 15 is 0 Å². The van der Waals surface area contributed by atoms with Crippen molar-refractivity contribution in [3.8, 4) is 51.3 Å². The van der Waals surface area contributed by atoms with E-state index in [0.29, 0.717) is 17.5 Å². The fourth-order valence-corrected chi connectivity index (χ4v) is 7.66. The molecular formula is C44H30N6O. The summed E-state index contributed by atoms with van der Waals surface area (Å²) in [6, 6.07) is 43.4. The Bertz CT molecular complexity index is 2730. The van der Waals surface area contributed by atoms with E-state index in [2.05, 4.69) is 96.2 Å². The van der Waals surface area contributed by atoms with Crippen molar-refractivity contribution in [1.29, 1.82) is 0 Å². The number of nitrogens with zero attached hydrogens (tertiary/aromatic N) is 6. The topological polar surface area (TPSA) is 78.6 Å². The second kappa shape index (κ2) is 11.1. The third-order valence-electron chi connectivity index (χ3n) is 10.0. The molecule has 0 bridgehead atoms. The first-order chi connectivity index (χ1) is 25.1. The van der Waals surface area contributed by atoms with Crippen LogP contribution in [0.5, 0.6) is 11.5 Å². The molecule has 0 spiro atoms. The average molecular weight is 659 g/mol. The zero-order valence-electron chi connectivity index (χ0n) is 27.9. The molecule has 7 heteroatoms. The molecule has 4 aromatic heterocycles. The molecule has 0 saturated carbocycles. The molecule has 242 valence electrons. The maximum atomic E-state index is 6.95. The van der Waals surface area contributed by atoms with Crippen molar-refractivity contribution in [3.05, 3.63) is 157 Å². The van der Waals surface area contributed by atoms with Crippen LogP contribution in [-0.2, 0) is 5.41 Å². The molecule has 51 heavy (non-hydrogen) atoms. The number of hydrogen-bond donors (Lipinski definition) is 0. The predicted octanol–water partition coefficient (Wildman–Crippen LogP) is 10.3. The lowest BCUT2D eigenvalue weighted by Crippen LogP contribution is -2.25. The van der Waals surface area contributed by atoms with E-state index in [1.807, 2.05) is 60.8 Å². The zero-order chi connectivity index (χ0) is 34.1. The number of rotatable bonds is 4. The van der Waals surface area contributed by atoms with Crippen LogP contribution in [0.15, 0.2) is 146 Å². The summed E-state index contributed by atoms with van der Waals surface area (Å²) in [4.78, 5) is 23.9. The Balaban J connectivity index is 1.21. The molecule has 1 aliphatic rings. The molecule has 1 aliphatic heterocycles. The van der Waals surface area contributed by atoms with Crippen molar-refractivity contribution in [2.75, 3.05) is 0 Å². The first kappa shape index (κ1) is 29.2. The molecule has 7 nitrogen and oxygen atoms in total. The number of fused-ring (bicyclic) bond motifs is 9. The summed E-state index contributed by atoms with van der Waals surface area (Å²) in [6.07, 6.45) is 5.36. The van der Waals surface area contributed by atoms with Crippen LogP contribution in [0, 0.1) is 0 Å². The molecule has 0 radical (unpaired) electrons. The Labute approximate surface area is 293 Å². The maximum absolute atomic E-state index is 6.95. The van der Waals surface area contributed by atoms with Gasteiger partial charge in [0.2, 0.25) is 0 Å². The monoisotopic (exact) mass is 658 g/mol. The number of hydrogen-bond acceptors (Lipinski definition) is 6. The van der Waals surface area contributed by atoms with Gasteiger partial charge in [-0.05, 0) is 65.4 Å². The normalized spacial score (nSPS) is 13.2. The highest BCUT2D eigenvalue weighted by Crippen LogP contribution is 2.55. The highest BCUT2D eigenvalue weighted by molar-refractivity contribution is 6.24. The van der Waals surface area contributed by atoms with Gasteiger partial charge in [-0.15, -0.1) is 0 Å². The third-order valence-corrected chi connectivity index (χ3v) is 10.0. The molecule has 0 N–H and O–H groups in total. The summed E-state index contributed by atoms with van der Waals surface area (Å²) in [6.45, 7) is 4.59. The Morgan fingerprint density at radius 2 is 1.16 bits per heavy atom. The molecule has 9 aromatic rings. The number of pyridine rings is 2. The van der Waals surface area contributed by atoms with Gasteiger partial charge in [0, 0.05) is 68.3 Å². The molecule has 0 fully saturated rings. The van der Waals surface area contributed by atoms with Crippen molar-refractivity contribution >= 4 is 32.7 Å². The van der Waals surface area contributed by atoms with E-state index in [1.165, 1.54) is 21.9 Å². The third kappa shape index (κ3) is 4.48. The molecule has 0 atom stereocenters. The summed E-state index contributed by atoms with van der Waals surface area (Å²) in [5, 5.41) is 4.56. The van der Waals surface area contributed by atoms with Gasteiger partial charge in [-0.3, -0.25) is 9.55 Å². The van der Waals surface area contributed by atoms with Crippen LogP contribution in [0.3, 0.4) is 0 Å². The highest BCUT2D eigenvalue weighted by atomic mass is 16.5. The minimum absolute atomic E-state index is 0.307. The van der Waals surface area contributed by atoms with E-state index in [-0.39, 0.29) is 5.41 Å². The first-order valence-electron chi connectivity index (χ1n) is 17.0. The molecule has 5 heterocycles. The van der Waals surface area contributed by atoms with Gasteiger partial charge in [0.15, 0.2) is 23.2 Å². The van der Waals surface area contributed by atoms with Gasteiger partial charge in [-0.2, -0.15) is 0 Å². The Morgan fingerprint density at radius 3 is 1.90 bits per heavy atom. The van der Waals surface area contributed by atoms with Gasteiger partial charge in [0.1, 0.15) is 11.4 Å². The zero-order valence-corrected chi connectivity index (χ0v) is 27.9. The molecular weight excluding hydrogens is 629 g/mol. The van der Waals surface area contributed by atoms with Crippen LogP contribution in [0.1, 0.15) is 25.0 Å². The number of aromatic nitrogens is 6. The number of ether oxygens (including phenoxy) is 1. The van der Waals surface area contributed by atoms with Crippen LogP contribution in [0.2, 0.25) is 0 Å². The van der Waals surface area contributed by atoms with E-state index in [1.54, 1.807) is 12.4 Å². The lowest BCUT2D eigenvalue weighted by Gasteiger charge is -2.36. The molecule has 10 rings (SSSR count).